The van der Waals surface area contributed by atoms with Gasteiger partial charge in [-0.25, -0.2) is 0 Å². The molecule has 2 aromatic carbocycles. The van der Waals surface area contributed by atoms with Crippen LogP contribution in [0.5, 0.6) is 11.5 Å². The van der Waals surface area contributed by atoms with Crippen molar-refractivity contribution in [1.82, 2.24) is 4.90 Å². The van der Waals surface area contributed by atoms with Crippen LogP contribution in [0.15, 0.2) is 54.3 Å². The summed E-state index contributed by atoms with van der Waals surface area (Å²) in [6.07, 6.45) is 1.71. The van der Waals surface area contributed by atoms with E-state index < -0.39 is 6.29 Å². The minimum atomic E-state index is -0.660. The maximum absolute atomic E-state index is 13.9. The lowest BCUT2D eigenvalue weighted by Crippen LogP contribution is -2.40. The van der Waals surface area contributed by atoms with Gasteiger partial charge in [-0.15, -0.1) is 0 Å². The summed E-state index contributed by atoms with van der Waals surface area (Å²) in [5.74, 6) is 1.18. The molecule has 2 atom stereocenters. The van der Waals surface area contributed by atoms with Gasteiger partial charge in [-0.2, -0.15) is 0 Å². The standard InChI is InChI=1S/C31H39NO10/c33-20-23-1-3-24(4-2-23)21-39-30-19-26(25-5-6-27-28(17-25)41-22-40-27)18-29(42-30)31(34)32-7-9-35-11-13-37-15-16-38-14-12-36-10-8-32/h1-6,17-18,26,30,33H,7-16,19-22H2/t26-,30+/m0/s1. The Morgan fingerprint density at radius 2 is 1.43 bits per heavy atom. The highest BCUT2D eigenvalue weighted by molar-refractivity contribution is 5.91. The van der Waals surface area contributed by atoms with Crippen LogP contribution in [0, 0.1) is 0 Å². The molecule has 11 nitrogen and oxygen atoms in total. The van der Waals surface area contributed by atoms with Crippen molar-refractivity contribution < 1.29 is 47.8 Å². The average Bonchev–Trinajstić information content (AvgIpc) is 3.50. The summed E-state index contributed by atoms with van der Waals surface area (Å²) in [4.78, 5) is 15.5. The highest BCUT2D eigenvalue weighted by atomic mass is 16.7. The van der Waals surface area contributed by atoms with Crippen LogP contribution in [-0.2, 0) is 46.4 Å². The van der Waals surface area contributed by atoms with Crippen LogP contribution in [0.4, 0.5) is 0 Å². The van der Waals surface area contributed by atoms with Gasteiger partial charge >= 0.3 is 0 Å². The molecule has 228 valence electrons. The Kier molecular flexibility index (Phi) is 11.4. The molecule has 3 aliphatic rings. The topological polar surface area (TPSA) is 114 Å². The molecule has 11 heteroatoms. The average molecular weight is 586 g/mol. The number of rotatable bonds is 6. The fraction of sp³-hybridized carbons (Fsp3) is 0.516. The summed E-state index contributed by atoms with van der Waals surface area (Å²) >= 11 is 0. The Labute approximate surface area is 245 Å². The quantitative estimate of drug-likeness (QED) is 0.543. The van der Waals surface area contributed by atoms with Crippen LogP contribution in [-0.4, -0.2) is 94.9 Å². The largest absolute Gasteiger partial charge is 0.459 e. The SMILES string of the molecule is O=C(C1=C[C@H](c2ccc3c(c2)OCO3)C[C@H](OCc2ccc(CO)cc2)O1)N1CCOCCOCCOCCOCC1. The Bertz CT molecular complexity index is 1150. The highest BCUT2D eigenvalue weighted by Gasteiger charge is 2.32. The minimum Gasteiger partial charge on any atom is -0.459 e. The van der Waals surface area contributed by atoms with E-state index in [4.69, 9.17) is 37.9 Å². The molecule has 1 saturated heterocycles. The molecule has 1 N–H and O–H groups in total. The van der Waals surface area contributed by atoms with E-state index in [1.807, 2.05) is 48.5 Å². The molecule has 0 aliphatic carbocycles. The van der Waals surface area contributed by atoms with Gasteiger partial charge < -0.3 is 47.9 Å². The van der Waals surface area contributed by atoms with Gasteiger partial charge in [0.05, 0.1) is 66.1 Å². The molecule has 0 spiro atoms. The van der Waals surface area contributed by atoms with Crippen LogP contribution in [0.3, 0.4) is 0 Å². The van der Waals surface area contributed by atoms with Crippen molar-refractivity contribution in [1.29, 1.82) is 0 Å². The third-order valence-corrected chi connectivity index (χ3v) is 7.15. The maximum atomic E-state index is 13.9. The van der Waals surface area contributed by atoms with Gasteiger partial charge in [-0.3, -0.25) is 4.79 Å². The molecule has 3 heterocycles. The first kappa shape index (κ1) is 30.3. The lowest BCUT2D eigenvalue weighted by molar-refractivity contribution is -0.156. The first-order valence-electron chi connectivity index (χ1n) is 14.4. The fourth-order valence-electron chi connectivity index (χ4n) is 4.80. The number of fused-ring (bicyclic) bond motifs is 1. The van der Waals surface area contributed by atoms with Crippen molar-refractivity contribution in [3.05, 3.63) is 71.0 Å². The number of aliphatic hydroxyl groups excluding tert-OH is 1. The molecule has 0 aromatic heterocycles. The molecule has 2 aromatic rings. The number of nitrogens with zero attached hydrogens (tertiary/aromatic N) is 1. The zero-order valence-electron chi connectivity index (χ0n) is 23.7. The molecule has 0 unspecified atom stereocenters. The van der Waals surface area contributed by atoms with Gasteiger partial charge in [0.2, 0.25) is 13.1 Å². The number of carbonyl (C=O) groups is 1. The van der Waals surface area contributed by atoms with Crippen LogP contribution in [0.25, 0.3) is 0 Å². The first-order valence-corrected chi connectivity index (χ1v) is 14.4. The molecule has 0 bridgehead atoms. The van der Waals surface area contributed by atoms with Gasteiger partial charge in [0, 0.05) is 25.4 Å². The molecular formula is C31H39NO10. The van der Waals surface area contributed by atoms with E-state index in [1.165, 1.54) is 0 Å². The number of benzene rings is 2. The van der Waals surface area contributed by atoms with Crippen molar-refractivity contribution in [2.24, 2.45) is 0 Å². The molecular weight excluding hydrogens is 546 g/mol. The minimum absolute atomic E-state index is 0.0194. The number of amides is 1. The van der Waals surface area contributed by atoms with E-state index in [-0.39, 0.29) is 31.0 Å². The van der Waals surface area contributed by atoms with E-state index >= 15 is 0 Å². The van der Waals surface area contributed by atoms with Crippen LogP contribution < -0.4 is 9.47 Å². The number of aliphatic hydroxyl groups is 1. The Balaban J connectivity index is 1.30. The monoisotopic (exact) mass is 585 g/mol. The molecule has 5 rings (SSSR count). The van der Waals surface area contributed by atoms with Gasteiger partial charge in [0.1, 0.15) is 0 Å². The predicted molar refractivity (Wildman–Crippen MR) is 150 cm³/mol. The van der Waals surface area contributed by atoms with Gasteiger partial charge in [-0.05, 0) is 34.9 Å². The van der Waals surface area contributed by atoms with Crippen LogP contribution in [0.2, 0.25) is 0 Å². The lowest BCUT2D eigenvalue weighted by Gasteiger charge is -2.32. The van der Waals surface area contributed by atoms with Crippen molar-refractivity contribution >= 4 is 5.91 Å². The zero-order chi connectivity index (χ0) is 29.0. The molecule has 42 heavy (non-hydrogen) atoms. The number of allylic oxidation sites excluding steroid dienone is 1. The zero-order valence-corrected chi connectivity index (χ0v) is 23.7. The first-order chi connectivity index (χ1) is 20.7. The van der Waals surface area contributed by atoms with Gasteiger partial charge in [0.15, 0.2) is 17.3 Å². The summed E-state index contributed by atoms with van der Waals surface area (Å²) in [5.41, 5.74) is 2.73. The van der Waals surface area contributed by atoms with E-state index in [0.717, 1.165) is 16.7 Å². The summed E-state index contributed by atoms with van der Waals surface area (Å²) in [5, 5.41) is 9.33. The summed E-state index contributed by atoms with van der Waals surface area (Å²) in [6, 6.07) is 13.3. The highest BCUT2D eigenvalue weighted by Crippen LogP contribution is 2.38. The van der Waals surface area contributed by atoms with Crippen LogP contribution in [0.1, 0.15) is 29.0 Å². The number of hydrogen-bond acceptors (Lipinski definition) is 10. The second kappa shape index (κ2) is 15.9. The second-order valence-corrected chi connectivity index (χ2v) is 10.1. The van der Waals surface area contributed by atoms with Crippen LogP contribution >= 0.6 is 0 Å². The van der Waals surface area contributed by atoms with Gasteiger partial charge in [-0.1, -0.05) is 30.3 Å². The van der Waals surface area contributed by atoms with Crippen molar-refractivity contribution in [2.75, 3.05) is 72.7 Å². The van der Waals surface area contributed by atoms with Crippen molar-refractivity contribution in [2.45, 2.75) is 31.8 Å². The third-order valence-electron chi connectivity index (χ3n) is 7.15. The van der Waals surface area contributed by atoms with Crippen molar-refractivity contribution in [3.8, 4) is 11.5 Å². The number of carbonyl (C=O) groups excluding carboxylic acids is 1. The fourth-order valence-corrected chi connectivity index (χ4v) is 4.80. The Morgan fingerprint density at radius 1 is 0.810 bits per heavy atom. The second-order valence-electron chi connectivity index (χ2n) is 10.1. The summed E-state index contributed by atoms with van der Waals surface area (Å²) in [6.45, 7) is 4.69. The van der Waals surface area contributed by atoms with E-state index in [2.05, 4.69) is 0 Å². The van der Waals surface area contributed by atoms with Gasteiger partial charge in [0.25, 0.3) is 5.91 Å². The summed E-state index contributed by atoms with van der Waals surface area (Å²) < 4.78 is 45.8. The summed E-state index contributed by atoms with van der Waals surface area (Å²) in [7, 11) is 0. The molecule has 1 fully saturated rings. The molecule has 0 saturated carbocycles. The lowest BCUT2D eigenvalue weighted by atomic mass is 9.92. The third kappa shape index (κ3) is 8.66. The number of ether oxygens (including phenoxy) is 8. The normalized spacial score (nSPS) is 22.4. The predicted octanol–water partition coefficient (Wildman–Crippen LogP) is 2.75. The van der Waals surface area contributed by atoms with E-state index in [1.54, 1.807) is 4.90 Å². The molecule has 0 radical (unpaired) electrons. The molecule has 1 amide bonds. The Hall–Kier alpha value is -3.19. The maximum Gasteiger partial charge on any atom is 0.288 e. The Morgan fingerprint density at radius 3 is 2.10 bits per heavy atom. The smallest absolute Gasteiger partial charge is 0.288 e. The van der Waals surface area contributed by atoms with Crippen molar-refractivity contribution in [3.63, 3.8) is 0 Å². The number of hydrogen-bond donors (Lipinski definition) is 1. The van der Waals surface area contributed by atoms with E-state index in [0.29, 0.717) is 90.5 Å². The van der Waals surface area contributed by atoms with E-state index in [9.17, 15) is 9.90 Å². The molecule has 3 aliphatic heterocycles.